The summed E-state index contributed by atoms with van der Waals surface area (Å²) >= 11 is 7.94. The van der Waals surface area contributed by atoms with Crippen LogP contribution in [0.4, 0.5) is 4.79 Å². The zero-order valence-electron chi connectivity index (χ0n) is 17.0. The summed E-state index contributed by atoms with van der Waals surface area (Å²) in [5, 5.41) is 1.34. The lowest BCUT2D eigenvalue weighted by molar-refractivity contribution is -0.548. The number of urea groups is 1. The van der Waals surface area contributed by atoms with Gasteiger partial charge in [0.15, 0.2) is 0 Å². The molecular weight excluding hydrogens is 420 g/mol. The van der Waals surface area contributed by atoms with Gasteiger partial charge in [-0.05, 0) is 35.3 Å². The monoisotopic (exact) mass is 441 g/mol. The maximum Gasteiger partial charge on any atom is 0.358 e. The first-order valence-corrected chi connectivity index (χ1v) is 10.9. The zero-order valence-corrected chi connectivity index (χ0v) is 18.6. The molecule has 3 amide bonds. The Morgan fingerprint density at radius 3 is 2.47 bits per heavy atom. The Morgan fingerprint density at radius 2 is 1.77 bits per heavy atom. The van der Waals surface area contributed by atoms with Crippen LogP contribution in [0.2, 0.25) is 5.02 Å². The summed E-state index contributed by atoms with van der Waals surface area (Å²) in [6.07, 6.45) is 0. The van der Waals surface area contributed by atoms with Crippen molar-refractivity contribution in [1.29, 1.82) is 0 Å². The van der Waals surface area contributed by atoms with Gasteiger partial charge in [0.1, 0.15) is 6.54 Å². The first-order chi connectivity index (χ1) is 14.4. The van der Waals surface area contributed by atoms with Crippen molar-refractivity contribution in [3.05, 3.63) is 70.2 Å². The lowest BCUT2D eigenvalue weighted by atomic mass is 10.1. The molecule has 0 spiro atoms. The molecule has 1 fully saturated rings. The Balaban J connectivity index is 1.70. The van der Waals surface area contributed by atoms with Crippen LogP contribution in [0.3, 0.4) is 0 Å². The second-order valence-electron chi connectivity index (χ2n) is 7.39. The van der Waals surface area contributed by atoms with Gasteiger partial charge in [-0.15, -0.1) is 0 Å². The summed E-state index contributed by atoms with van der Waals surface area (Å²) in [6, 6.07) is 14.9. The Bertz CT molecular complexity index is 1080. The first kappa shape index (κ1) is 20.6. The molecule has 1 saturated heterocycles. The fourth-order valence-electron chi connectivity index (χ4n) is 3.49. The van der Waals surface area contributed by atoms with Gasteiger partial charge in [0.25, 0.3) is 17.8 Å². The van der Waals surface area contributed by atoms with E-state index in [1.54, 1.807) is 18.8 Å². The van der Waals surface area contributed by atoms with Crippen LogP contribution >= 0.6 is 23.4 Å². The Hall–Kier alpha value is -2.64. The van der Waals surface area contributed by atoms with Gasteiger partial charge in [0.2, 0.25) is 0 Å². The number of amides is 3. The predicted molar refractivity (Wildman–Crippen MR) is 120 cm³/mol. The van der Waals surface area contributed by atoms with Crippen molar-refractivity contribution < 1.29 is 14.2 Å². The molecule has 1 atom stereocenters. The van der Waals surface area contributed by atoms with E-state index in [9.17, 15) is 9.59 Å². The standard InChI is InChI=1S/C22H22ClN4O2S/c1-14-8-10-15(11-9-14)13-30-21-24-19-18(20(28)26(3)22(29)25(19)2)27(21)12-16-6-4-5-7-17(16)23/h4-11,18H,12-13H2,1-3H3/q+1. The molecule has 0 N–H and O–H groups in total. The number of halogens is 1. The quantitative estimate of drug-likeness (QED) is 0.679. The third-order valence-electron chi connectivity index (χ3n) is 5.28. The highest BCUT2D eigenvalue weighted by atomic mass is 35.5. The van der Waals surface area contributed by atoms with Crippen molar-refractivity contribution in [2.75, 3.05) is 14.1 Å². The van der Waals surface area contributed by atoms with Crippen LogP contribution in [0.5, 0.6) is 0 Å². The molecule has 0 aromatic heterocycles. The van der Waals surface area contributed by atoms with Crippen molar-refractivity contribution >= 4 is 46.3 Å². The van der Waals surface area contributed by atoms with Crippen LogP contribution in [-0.2, 0) is 17.1 Å². The summed E-state index contributed by atoms with van der Waals surface area (Å²) in [4.78, 5) is 32.7. The molecule has 2 aliphatic rings. The molecule has 2 heterocycles. The fourth-order valence-corrected chi connectivity index (χ4v) is 4.67. The number of benzene rings is 2. The number of nitrogens with zero attached hydrogens (tertiary/aromatic N) is 4. The smallest absolute Gasteiger partial charge is 0.269 e. The number of imide groups is 1. The van der Waals surface area contributed by atoms with Gasteiger partial charge in [-0.1, -0.05) is 59.6 Å². The highest BCUT2D eigenvalue weighted by Crippen LogP contribution is 2.27. The molecule has 2 aromatic carbocycles. The average Bonchev–Trinajstić information content (AvgIpc) is 3.10. The maximum atomic E-state index is 13.0. The van der Waals surface area contributed by atoms with Gasteiger partial charge in [0.05, 0.1) is 0 Å². The van der Waals surface area contributed by atoms with Crippen LogP contribution in [0, 0.1) is 6.92 Å². The first-order valence-electron chi connectivity index (χ1n) is 9.56. The average molecular weight is 442 g/mol. The molecule has 2 aromatic rings. The molecule has 154 valence electrons. The molecule has 1 unspecified atom stereocenters. The second kappa shape index (κ2) is 8.24. The topological polar surface area (TPSA) is 56.0 Å². The van der Waals surface area contributed by atoms with Gasteiger partial charge in [0, 0.05) is 30.4 Å². The third-order valence-corrected chi connectivity index (χ3v) is 6.71. The third kappa shape index (κ3) is 3.75. The highest BCUT2D eigenvalue weighted by Gasteiger charge is 2.53. The van der Waals surface area contributed by atoms with Crippen LogP contribution in [0.15, 0.2) is 53.5 Å². The van der Waals surface area contributed by atoms with Crippen LogP contribution in [0.25, 0.3) is 0 Å². The molecule has 2 aliphatic heterocycles. The van der Waals surface area contributed by atoms with Gasteiger partial charge in [-0.25, -0.2) is 9.37 Å². The molecule has 30 heavy (non-hydrogen) atoms. The van der Waals surface area contributed by atoms with E-state index in [-0.39, 0.29) is 11.9 Å². The number of hydrogen-bond acceptors (Lipinski definition) is 4. The maximum absolute atomic E-state index is 13.0. The van der Waals surface area contributed by atoms with Crippen LogP contribution < -0.4 is 0 Å². The van der Waals surface area contributed by atoms with E-state index in [1.807, 2.05) is 28.8 Å². The van der Waals surface area contributed by atoms with Crippen LogP contribution in [-0.4, -0.2) is 57.5 Å². The van der Waals surface area contributed by atoms with E-state index in [0.717, 1.165) is 10.5 Å². The van der Waals surface area contributed by atoms with Crippen molar-refractivity contribution in [1.82, 2.24) is 9.80 Å². The zero-order chi connectivity index (χ0) is 21.4. The molecule has 0 saturated carbocycles. The number of rotatable bonds is 4. The summed E-state index contributed by atoms with van der Waals surface area (Å²) < 4.78 is 1.94. The molecule has 4 rings (SSSR count). The lowest BCUT2D eigenvalue weighted by Gasteiger charge is -2.30. The predicted octanol–water partition coefficient (Wildman–Crippen LogP) is 3.75. The molecule has 0 radical (unpaired) electrons. The molecule has 6 nitrogen and oxygen atoms in total. The Labute approximate surface area is 184 Å². The van der Waals surface area contributed by atoms with E-state index in [1.165, 1.54) is 23.1 Å². The minimum atomic E-state index is -0.644. The number of aliphatic imine (C=N–C) groups is 1. The minimum Gasteiger partial charge on any atom is -0.269 e. The number of amidine groups is 2. The summed E-state index contributed by atoms with van der Waals surface area (Å²) in [6.45, 7) is 2.48. The van der Waals surface area contributed by atoms with Crippen molar-refractivity contribution in [3.8, 4) is 0 Å². The molecule has 8 heteroatoms. The van der Waals surface area contributed by atoms with E-state index < -0.39 is 6.04 Å². The van der Waals surface area contributed by atoms with E-state index in [2.05, 4.69) is 31.2 Å². The van der Waals surface area contributed by atoms with Gasteiger partial charge in [-0.2, -0.15) is 0 Å². The Morgan fingerprint density at radius 1 is 1.07 bits per heavy atom. The number of carbonyl (C=O) groups excluding carboxylic acids is 2. The molecule has 0 aliphatic carbocycles. The highest BCUT2D eigenvalue weighted by molar-refractivity contribution is 8.13. The van der Waals surface area contributed by atoms with E-state index in [0.29, 0.717) is 28.3 Å². The van der Waals surface area contributed by atoms with Gasteiger partial charge >= 0.3 is 11.2 Å². The number of thioether (sulfide) groups is 1. The number of aryl methyl sites for hydroxylation is 1. The lowest BCUT2D eigenvalue weighted by Crippen LogP contribution is -2.61. The molecule has 0 bridgehead atoms. The van der Waals surface area contributed by atoms with Gasteiger partial charge in [-0.3, -0.25) is 14.6 Å². The second-order valence-corrected chi connectivity index (χ2v) is 8.74. The minimum absolute atomic E-state index is 0.283. The normalized spacial score (nSPS) is 18.8. The van der Waals surface area contributed by atoms with Crippen molar-refractivity contribution in [2.24, 2.45) is 4.99 Å². The van der Waals surface area contributed by atoms with E-state index >= 15 is 0 Å². The Kier molecular flexibility index (Phi) is 5.66. The number of fused-ring (bicyclic) bond motifs is 1. The summed E-state index contributed by atoms with van der Waals surface area (Å²) in [7, 11) is 3.15. The van der Waals surface area contributed by atoms with Crippen molar-refractivity contribution in [3.63, 3.8) is 0 Å². The van der Waals surface area contributed by atoms with Crippen molar-refractivity contribution in [2.45, 2.75) is 25.3 Å². The summed E-state index contributed by atoms with van der Waals surface area (Å²) in [5.41, 5.74) is 3.27. The van der Waals surface area contributed by atoms with Gasteiger partial charge < -0.3 is 0 Å². The largest absolute Gasteiger partial charge is 0.358 e. The summed E-state index contributed by atoms with van der Waals surface area (Å²) in [5.74, 6) is 0.885. The number of likely N-dealkylation sites (N-methyl/N-ethyl adjacent to an activating group) is 2. The number of hydrogen-bond donors (Lipinski definition) is 0. The number of carbonyl (C=O) groups is 2. The van der Waals surface area contributed by atoms with E-state index in [4.69, 9.17) is 16.6 Å². The molecular formula is C22H22ClN4O2S+. The fraction of sp³-hybridized carbons (Fsp3) is 0.273. The van der Waals surface area contributed by atoms with Crippen LogP contribution in [0.1, 0.15) is 16.7 Å². The SMILES string of the molecule is Cc1ccc(CSC2=[N+](Cc3ccccc3Cl)C3C(=O)N(C)C(=O)N(C)C3=N2)cc1.